The zero-order valence-electron chi connectivity index (χ0n) is 14.4. The van der Waals surface area contributed by atoms with Crippen LogP contribution in [0.4, 0.5) is 17.1 Å². The Morgan fingerprint density at radius 1 is 0.929 bits per heavy atom. The highest BCUT2D eigenvalue weighted by Crippen LogP contribution is 2.32. The van der Waals surface area contributed by atoms with E-state index in [1.165, 1.54) is 23.1 Å². The molecule has 28 heavy (non-hydrogen) atoms. The number of hydrogen-bond donors (Lipinski definition) is 0. The van der Waals surface area contributed by atoms with E-state index in [1.54, 1.807) is 17.0 Å². The molecular weight excluding hydrogens is 411 g/mol. The summed E-state index contributed by atoms with van der Waals surface area (Å²) in [6.45, 7) is 1.30. The van der Waals surface area contributed by atoms with Gasteiger partial charge in [-0.15, -0.1) is 0 Å². The molecular formula is C17H14Cl2N4O5. The lowest BCUT2D eigenvalue weighted by molar-refractivity contribution is -0.384. The van der Waals surface area contributed by atoms with E-state index in [0.29, 0.717) is 18.8 Å². The number of nitrogens with zero attached hydrogens (tertiary/aromatic N) is 4. The summed E-state index contributed by atoms with van der Waals surface area (Å²) in [4.78, 5) is 37.2. The maximum absolute atomic E-state index is 12.7. The second kappa shape index (κ2) is 7.99. The molecule has 146 valence electrons. The fourth-order valence-corrected chi connectivity index (χ4v) is 3.39. The molecule has 0 bridgehead atoms. The van der Waals surface area contributed by atoms with Gasteiger partial charge in [0.25, 0.3) is 17.3 Å². The molecule has 0 aromatic heterocycles. The van der Waals surface area contributed by atoms with Crippen LogP contribution in [0.3, 0.4) is 0 Å². The average molecular weight is 425 g/mol. The standard InChI is InChI=1S/C17H14Cl2N4O5/c18-11-1-4-15(16(9-11)23(27)28)20-5-7-21(8-6-20)17(24)13-10-12(22(25)26)2-3-14(13)19/h1-4,9-10H,5-8H2. The molecule has 11 heteroatoms. The lowest BCUT2D eigenvalue weighted by atomic mass is 10.1. The number of non-ortho nitro benzene ring substituents is 1. The van der Waals surface area contributed by atoms with Crippen LogP contribution in [0.15, 0.2) is 36.4 Å². The maximum atomic E-state index is 12.7. The van der Waals surface area contributed by atoms with Crippen molar-refractivity contribution in [2.24, 2.45) is 0 Å². The van der Waals surface area contributed by atoms with E-state index in [4.69, 9.17) is 23.2 Å². The molecule has 2 aromatic carbocycles. The van der Waals surface area contributed by atoms with E-state index in [-0.39, 0.29) is 40.1 Å². The Balaban J connectivity index is 1.76. The van der Waals surface area contributed by atoms with Crippen molar-refractivity contribution in [1.82, 2.24) is 4.90 Å². The van der Waals surface area contributed by atoms with Crippen LogP contribution in [0, 0.1) is 20.2 Å². The van der Waals surface area contributed by atoms with Gasteiger partial charge in [0.1, 0.15) is 5.69 Å². The van der Waals surface area contributed by atoms with Crippen LogP contribution in [0.1, 0.15) is 10.4 Å². The first-order chi connectivity index (χ1) is 13.3. The Hall–Kier alpha value is -2.91. The van der Waals surface area contributed by atoms with E-state index < -0.39 is 15.8 Å². The average Bonchev–Trinajstić information content (AvgIpc) is 2.67. The molecule has 1 saturated heterocycles. The summed E-state index contributed by atoms with van der Waals surface area (Å²) in [5, 5.41) is 22.6. The minimum atomic E-state index is -0.593. The maximum Gasteiger partial charge on any atom is 0.294 e. The summed E-state index contributed by atoms with van der Waals surface area (Å²) in [5.74, 6) is -0.418. The summed E-state index contributed by atoms with van der Waals surface area (Å²) >= 11 is 11.9. The largest absolute Gasteiger partial charge is 0.362 e. The molecule has 1 aliphatic rings. The fraction of sp³-hybridized carbons (Fsp3) is 0.235. The molecule has 1 fully saturated rings. The fourth-order valence-electron chi connectivity index (χ4n) is 3.02. The Morgan fingerprint density at radius 3 is 2.21 bits per heavy atom. The molecule has 0 unspecified atom stereocenters. The summed E-state index contributed by atoms with van der Waals surface area (Å²) in [6, 6.07) is 8.15. The SMILES string of the molecule is O=C(c1cc([N+](=O)[O-])ccc1Cl)N1CCN(c2ccc(Cl)cc2[N+](=O)[O-])CC1. The Labute approximate surface area is 169 Å². The van der Waals surface area contributed by atoms with Crippen molar-refractivity contribution in [2.75, 3.05) is 31.1 Å². The number of nitro groups is 2. The first kappa shape index (κ1) is 19.8. The van der Waals surface area contributed by atoms with Gasteiger partial charge in [0.15, 0.2) is 0 Å². The van der Waals surface area contributed by atoms with Gasteiger partial charge in [-0.05, 0) is 18.2 Å². The van der Waals surface area contributed by atoms with Gasteiger partial charge in [0.2, 0.25) is 0 Å². The van der Waals surface area contributed by atoms with Crippen LogP contribution < -0.4 is 4.90 Å². The third-order valence-electron chi connectivity index (χ3n) is 4.43. The van der Waals surface area contributed by atoms with Gasteiger partial charge in [-0.25, -0.2) is 0 Å². The number of piperazine rings is 1. The number of nitro benzene ring substituents is 2. The van der Waals surface area contributed by atoms with E-state index in [0.717, 1.165) is 6.07 Å². The van der Waals surface area contributed by atoms with Crippen molar-refractivity contribution in [3.63, 3.8) is 0 Å². The van der Waals surface area contributed by atoms with E-state index in [9.17, 15) is 25.0 Å². The van der Waals surface area contributed by atoms with Crippen LogP contribution in [-0.4, -0.2) is 46.8 Å². The number of anilines is 1. The molecule has 9 nitrogen and oxygen atoms in total. The van der Waals surface area contributed by atoms with E-state index >= 15 is 0 Å². The number of carbonyl (C=O) groups excluding carboxylic acids is 1. The predicted octanol–water partition coefficient (Wildman–Crippen LogP) is 3.77. The smallest absolute Gasteiger partial charge is 0.294 e. The normalized spacial score (nSPS) is 14.1. The van der Waals surface area contributed by atoms with Crippen molar-refractivity contribution in [2.45, 2.75) is 0 Å². The van der Waals surface area contributed by atoms with Gasteiger partial charge in [-0.3, -0.25) is 25.0 Å². The summed E-state index contributed by atoms with van der Waals surface area (Å²) < 4.78 is 0. The van der Waals surface area contributed by atoms with E-state index in [1.807, 2.05) is 0 Å². The Bertz CT molecular complexity index is 961. The highest BCUT2D eigenvalue weighted by molar-refractivity contribution is 6.34. The highest BCUT2D eigenvalue weighted by Gasteiger charge is 2.28. The minimum Gasteiger partial charge on any atom is -0.362 e. The summed E-state index contributed by atoms with van der Waals surface area (Å²) in [6.07, 6.45) is 0. The molecule has 3 rings (SSSR count). The number of halogens is 2. The zero-order chi connectivity index (χ0) is 20.4. The van der Waals surface area contributed by atoms with Crippen molar-refractivity contribution in [3.05, 3.63) is 72.2 Å². The quantitative estimate of drug-likeness (QED) is 0.545. The van der Waals surface area contributed by atoms with Crippen LogP contribution in [0.2, 0.25) is 10.0 Å². The van der Waals surface area contributed by atoms with Crippen LogP contribution in [0.25, 0.3) is 0 Å². The molecule has 0 spiro atoms. The van der Waals surface area contributed by atoms with Gasteiger partial charge < -0.3 is 9.80 Å². The van der Waals surface area contributed by atoms with Gasteiger partial charge in [0.05, 0.1) is 20.4 Å². The number of amides is 1. The lowest BCUT2D eigenvalue weighted by Crippen LogP contribution is -2.49. The van der Waals surface area contributed by atoms with Crippen molar-refractivity contribution >= 4 is 46.2 Å². The topological polar surface area (TPSA) is 110 Å². The molecule has 2 aromatic rings. The van der Waals surface area contributed by atoms with Gasteiger partial charge in [-0.1, -0.05) is 23.2 Å². The number of carbonyl (C=O) groups is 1. The molecule has 0 aliphatic carbocycles. The Morgan fingerprint density at radius 2 is 1.61 bits per heavy atom. The van der Waals surface area contributed by atoms with Gasteiger partial charge >= 0.3 is 0 Å². The van der Waals surface area contributed by atoms with Crippen molar-refractivity contribution in [3.8, 4) is 0 Å². The Kier molecular flexibility index (Phi) is 5.66. The number of benzene rings is 2. The third kappa shape index (κ3) is 4.00. The summed E-state index contributed by atoms with van der Waals surface area (Å²) in [7, 11) is 0. The minimum absolute atomic E-state index is 0.0572. The summed E-state index contributed by atoms with van der Waals surface area (Å²) in [5.41, 5.74) is 0.161. The predicted molar refractivity (Wildman–Crippen MR) is 104 cm³/mol. The monoisotopic (exact) mass is 424 g/mol. The number of rotatable bonds is 4. The first-order valence-electron chi connectivity index (χ1n) is 8.20. The molecule has 0 saturated carbocycles. The lowest BCUT2D eigenvalue weighted by Gasteiger charge is -2.36. The van der Waals surface area contributed by atoms with E-state index in [2.05, 4.69) is 0 Å². The number of hydrogen-bond acceptors (Lipinski definition) is 6. The third-order valence-corrected chi connectivity index (χ3v) is 5.00. The van der Waals surface area contributed by atoms with Gasteiger partial charge in [-0.2, -0.15) is 0 Å². The second-order valence-corrected chi connectivity index (χ2v) is 6.93. The zero-order valence-corrected chi connectivity index (χ0v) is 15.9. The van der Waals surface area contributed by atoms with Crippen LogP contribution in [0.5, 0.6) is 0 Å². The van der Waals surface area contributed by atoms with Gasteiger partial charge in [0, 0.05) is 49.4 Å². The van der Waals surface area contributed by atoms with Crippen molar-refractivity contribution < 1.29 is 14.6 Å². The molecule has 0 atom stereocenters. The molecule has 1 heterocycles. The highest BCUT2D eigenvalue weighted by atomic mass is 35.5. The van der Waals surface area contributed by atoms with Crippen LogP contribution in [-0.2, 0) is 0 Å². The molecule has 0 radical (unpaired) electrons. The molecule has 1 aliphatic heterocycles. The molecule has 1 amide bonds. The van der Waals surface area contributed by atoms with Crippen LogP contribution >= 0.6 is 23.2 Å². The molecule has 0 N–H and O–H groups in total. The van der Waals surface area contributed by atoms with Crippen molar-refractivity contribution in [1.29, 1.82) is 0 Å². The first-order valence-corrected chi connectivity index (χ1v) is 8.95. The second-order valence-electron chi connectivity index (χ2n) is 6.09.